The molecule has 0 radical (unpaired) electrons. The zero-order valence-corrected chi connectivity index (χ0v) is 9.25. The topological polar surface area (TPSA) is 49.3 Å². The Morgan fingerprint density at radius 1 is 1.47 bits per heavy atom. The van der Waals surface area contributed by atoms with Gasteiger partial charge in [0.2, 0.25) is 0 Å². The van der Waals surface area contributed by atoms with E-state index in [9.17, 15) is 4.79 Å². The van der Waals surface area contributed by atoms with Gasteiger partial charge in [0.1, 0.15) is 0 Å². The molecule has 80 valence electrons. The number of benzene rings is 1. The summed E-state index contributed by atoms with van der Waals surface area (Å²) in [6.07, 6.45) is 4.73. The number of nitrogens with one attached hydrogen (secondary N) is 1. The van der Waals surface area contributed by atoms with Crippen LogP contribution in [0.3, 0.4) is 0 Å². The van der Waals surface area contributed by atoms with Crippen molar-refractivity contribution in [3.05, 3.63) is 36.4 Å². The van der Waals surface area contributed by atoms with E-state index >= 15 is 0 Å². The molecule has 4 heteroatoms. The van der Waals surface area contributed by atoms with Gasteiger partial charge in [0.05, 0.1) is 0 Å². The van der Waals surface area contributed by atoms with Crippen LogP contribution in [0.25, 0.3) is 0 Å². The van der Waals surface area contributed by atoms with Crippen molar-refractivity contribution >= 4 is 23.4 Å². The van der Waals surface area contributed by atoms with Crippen LogP contribution in [0.2, 0.25) is 0 Å². The first-order valence-electron chi connectivity index (χ1n) is 4.50. The molecular weight excluding hydrogens is 210 g/mol. The molecule has 1 rings (SSSR count). The predicted octanol–water partition coefficient (Wildman–Crippen LogP) is 2.46. The number of aliphatic carboxylic acids is 1. The first-order valence-corrected chi connectivity index (χ1v) is 5.72. The fourth-order valence-corrected chi connectivity index (χ4v) is 1.45. The van der Waals surface area contributed by atoms with Crippen molar-refractivity contribution in [2.45, 2.75) is 4.90 Å². The third-order valence-corrected chi connectivity index (χ3v) is 2.52. The van der Waals surface area contributed by atoms with Crippen molar-refractivity contribution in [3.63, 3.8) is 0 Å². The lowest BCUT2D eigenvalue weighted by Gasteiger charge is -2.03. The van der Waals surface area contributed by atoms with E-state index < -0.39 is 5.97 Å². The van der Waals surface area contributed by atoms with Gasteiger partial charge < -0.3 is 10.4 Å². The maximum absolute atomic E-state index is 10.2. The molecule has 0 bridgehead atoms. The summed E-state index contributed by atoms with van der Waals surface area (Å²) in [7, 11) is 0. The highest BCUT2D eigenvalue weighted by molar-refractivity contribution is 7.98. The quantitative estimate of drug-likeness (QED) is 0.594. The molecule has 0 amide bonds. The average Bonchev–Trinajstić information content (AvgIpc) is 2.25. The Balaban J connectivity index is 2.41. The van der Waals surface area contributed by atoms with Crippen LogP contribution >= 0.6 is 11.8 Å². The zero-order valence-electron chi connectivity index (χ0n) is 8.43. The minimum Gasteiger partial charge on any atom is -0.478 e. The summed E-state index contributed by atoms with van der Waals surface area (Å²) in [6, 6.07) is 7.99. The van der Waals surface area contributed by atoms with E-state index in [1.807, 2.05) is 30.5 Å². The van der Waals surface area contributed by atoms with E-state index in [2.05, 4.69) is 5.32 Å². The molecule has 0 saturated heterocycles. The third kappa shape index (κ3) is 4.56. The molecule has 0 aliphatic carbocycles. The van der Waals surface area contributed by atoms with E-state index in [1.165, 1.54) is 4.90 Å². The predicted molar refractivity (Wildman–Crippen MR) is 63.5 cm³/mol. The van der Waals surface area contributed by atoms with Gasteiger partial charge >= 0.3 is 5.97 Å². The molecule has 1 aromatic rings. The molecule has 0 heterocycles. The average molecular weight is 223 g/mol. The molecule has 0 fully saturated rings. The minimum atomic E-state index is -0.922. The van der Waals surface area contributed by atoms with Crippen molar-refractivity contribution in [2.75, 3.05) is 18.1 Å². The summed E-state index contributed by atoms with van der Waals surface area (Å²) in [5.74, 6) is -0.922. The number of anilines is 1. The molecule has 0 atom stereocenters. The molecule has 15 heavy (non-hydrogen) atoms. The van der Waals surface area contributed by atoms with Crippen molar-refractivity contribution in [3.8, 4) is 0 Å². The summed E-state index contributed by atoms with van der Waals surface area (Å²) in [5, 5.41) is 11.5. The molecular formula is C11H13NO2S. The van der Waals surface area contributed by atoms with Gasteiger partial charge in [-0.3, -0.25) is 0 Å². The summed E-state index contributed by atoms with van der Waals surface area (Å²) >= 11 is 1.69. The maximum Gasteiger partial charge on any atom is 0.328 e. The maximum atomic E-state index is 10.2. The smallest absolute Gasteiger partial charge is 0.328 e. The Bertz CT molecular complexity index is 346. The van der Waals surface area contributed by atoms with Crippen LogP contribution in [0, 0.1) is 0 Å². The van der Waals surface area contributed by atoms with Crippen LogP contribution in [0.5, 0.6) is 0 Å². The number of carbonyl (C=O) groups is 1. The van der Waals surface area contributed by atoms with E-state index in [-0.39, 0.29) is 0 Å². The Labute approximate surface area is 93.2 Å². The normalized spacial score (nSPS) is 10.5. The van der Waals surface area contributed by atoms with Gasteiger partial charge in [-0.1, -0.05) is 6.08 Å². The van der Waals surface area contributed by atoms with E-state index in [0.717, 1.165) is 11.8 Å². The Kier molecular flexibility index (Phi) is 4.77. The lowest BCUT2D eigenvalue weighted by atomic mass is 10.3. The van der Waals surface area contributed by atoms with Crippen molar-refractivity contribution in [1.29, 1.82) is 0 Å². The van der Waals surface area contributed by atoms with E-state index in [1.54, 1.807) is 17.8 Å². The molecule has 0 unspecified atom stereocenters. The lowest BCUT2D eigenvalue weighted by Crippen LogP contribution is -1.99. The van der Waals surface area contributed by atoms with Crippen LogP contribution in [0.4, 0.5) is 5.69 Å². The largest absolute Gasteiger partial charge is 0.478 e. The summed E-state index contributed by atoms with van der Waals surface area (Å²) in [4.78, 5) is 11.4. The highest BCUT2D eigenvalue weighted by Crippen LogP contribution is 2.17. The highest BCUT2D eigenvalue weighted by atomic mass is 32.2. The highest BCUT2D eigenvalue weighted by Gasteiger charge is 1.91. The molecule has 0 aliphatic heterocycles. The van der Waals surface area contributed by atoms with Crippen LogP contribution in [0.15, 0.2) is 41.3 Å². The second-order valence-electron chi connectivity index (χ2n) is 2.85. The second-order valence-corrected chi connectivity index (χ2v) is 3.73. The molecule has 0 aliphatic rings. The fraction of sp³-hybridized carbons (Fsp3) is 0.182. The second kappa shape index (κ2) is 6.14. The molecule has 0 aromatic heterocycles. The van der Waals surface area contributed by atoms with Gasteiger partial charge in [0.15, 0.2) is 0 Å². The number of thioether (sulfide) groups is 1. The Hall–Kier alpha value is -1.42. The van der Waals surface area contributed by atoms with Crippen LogP contribution in [0.1, 0.15) is 0 Å². The zero-order chi connectivity index (χ0) is 11.1. The molecule has 0 saturated carbocycles. The van der Waals surface area contributed by atoms with E-state index in [4.69, 9.17) is 5.11 Å². The van der Waals surface area contributed by atoms with E-state index in [0.29, 0.717) is 6.54 Å². The molecule has 1 aromatic carbocycles. The van der Waals surface area contributed by atoms with Crippen LogP contribution in [-0.2, 0) is 4.79 Å². The van der Waals surface area contributed by atoms with Crippen molar-refractivity contribution in [2.24, 2.45) is 0 Å². The van der Waals surface area contributed by atoms with Crippen LogP contribution in [-0.4, -0.2) is 23.9 Å². The summed E-state index contributed by atoms with van der Waals surface area (Å²) in [6.45, 7) is 0.519. The number of hydrogen-bond donors (Lipinski definition) is 2. The SMILES string of the molecule is CSc1ccc(NC/C=C/C(=O)O)cc1. The van der Waals surface area contributed by atoms with Gasteiger partial charge in [-0.15, -0.1) is 11.8 Å². The summed E-state index contributed by atoms with van der Waals surface area (Å²) in [5.41, 5.74) is 0.989. The Morgan fingerprint density at radius 2 is 2.13 bits per heavy atom. The first-order chi connectivity index (χ1) is 7.22. The first kappa shape index (κ1) is 11.7. The lowest BCUT2D eigenvalue weighted by molar-refractivity contribution is -0.131. The number of carboxylic acids is 1. The third-order valence-electron chi connectivity index (χ3n) is 1.77. The van der Waals surface area contributed by atoms with Crippen molar-refractivity contribution < 1.29 is 9.90 Å². The Morgan fingerprint density at radius 3 is 2.67 bits per heavy atom. The monoisotopic (exact) mass is 223 g/mol. The van der Waals surface area contributed by atoms with Crippen molar-refractivity contribution in [1.82, 2.24) is 0 Å². The van der Waals surface area contributed by atoms with Gasteiger partial charge in [-0.2, -0.15) is 0 Å². The molecule has 0 spiro atoms. The van der Waals surface area contributed by atoms with Gasteiger partial charge in [0, 0.05) is 23.2 Å². The minimum absolute atomic E-state index is 0.519. The number of rotatable bonds is 5. The van der Waals surface area contributed by atoms with Gasteiger partial charge in [0.25, 0.3) is 0 Å². The van der Waals surface area contributed by atoms with Gasteiger partial charge in [-0.25, -0.2) is 4.79 Å². The van der Waals surface area contributed by atoms with Crippen LogP contribution < -0.4 is 5.32 Å². The molecule has 3 nitrogen and oxygen atoms in total. The summed E-state index contributed by atoms with van der Waals surface area (Å²) < 4.78 is 0. The standard InChI is InChI=1S/C11H13NO2S/c1-15-10-6-4-9(5-7-10)12-8-2-3-11(13)14/h2-7,12H,8H2,1H3,(H,13,14)/b3-2+. The van der Waals surface area contributed by atoms with Gasteiger partial charge in [-0.05, 0) is 30.5 Å². The number of hydrogen-bond acceptors (Lipinski definition) is 3. The fourth-order valence-electron chi connectivity index (χ4n) is 1.05. The molecule has 2 N–H and O–H groups in total. The number of carboxylic acid groups (broad SMARTS) is 1.